The van der Waals surface area contributed by atoms with Crippen LogP contribution >= 0.6 is 11.6 Å². The van der Waals surface area contributed by atoms with Crippen molar-refractivity contribution in [3.63, 3.8) is 0 Å². The number of halogens is 1. The number of carboxylic acid groups (broad SMARTS) is 1. The van der Waals surface area contributed by atoms with Gasteiger partial charge in [0.25, 0.3) is 0 Å². The Morgan fingerprint density at radius 2 is 2.00 bits per heavy atom. The quantitative estimate of drug-likeness (QED) is 0.748. The maximum Gasteiger partial charge on any atom is 0.341 e. The molecule has 1 N–H and O–H groups in total. The molecule has 9 heteroatoms. The third kappa shape index (κ3) is 2.71. The first-order valence-electron chi connectivity index (χ1n) is 11.5. The van der Waals surface area contributed by atoms with Crippen molar-refractivity contribution in [2.24, 2.45) is 5.10 Å². The van der Waals surface area contributed by atoms with Crippen LogP contribution in [-0.2, 0) is 4.74 Å². The van der Waals surface area contributed by atoms with Crippen LogP contribution in [0.25, 0.3) is 11.3 Å². The van der Waals surface area contributed by atoms with Crippen molar-refractivity contribution < 1.29 is 14.6 Å². The first kappa shape index (κ1) is 19.6. The van der Waals surface area contributed by atoms with Crippen LogP contribution in [-0.4, -0.2) is 58.3 Å². The molecule has 4 aliphatic heterocycles. The highest BCUT2D eigenvalue weighted by Gasteiger charge is 2.57. The number of carbonyl (C=O) groups is 1. The van der Waals surface area contributed by atoms with E-state index >= 15 is 0 Å². The Balaban J connectivity index is 1.36. The molecule has 0 radical (unpaired) electrons. The van der Waals surface area contributed by atoms with Gasteiger partial charge >= 0.3 is 5.97 Å². The summed E-state index contributed by atoms with van der Waals surface area (Å²) in [6.07, 6.45) is 7.70. The summed E-state index contributed by atoms with van der Waals surface area (Å²) in [6.45, 7) is 2.21. The van der Waals surface area contributed by atoms with E-state index in [0.717, 1.165) is 43.4 Å². The van der Waals surface area contributed by atoms with Gasteiger partial charge in [0, 0.05) is 41.5 Å². The lowest BCUT2D eigenvalue weighted by molar-refractivity contribution is -0.0612. The summed E-state index contributed by atoms with van der Waals surface area (Å²) in [6, 6.07) is 6.08. The second kappa shape index (κ2) is 6.61. The Hall–Kier alpha value is -2.84. The maximum atomic E-state index is 12.6. The van der Waals surface area contributed by atoms with E-state index in [4.69, 9.17) is 16.3 Å². The monoisotopic (exact) mass is 466 g/mol. The van der Waals surface area contributed by atoms with Crippen LogP contribution in [0.3, 0.4) is 0 Å². The lowest BCUT2D eigenvalue weighted by Crippen LogP contribution is -2.46. The molecule has 8 nitrogen and oxygen atoms in total. The van der Waals surface area contributed by atoms with Crippen molar-refractivity contribution in [2.75, 3.05) is 24.8 Å². The summed E-state index contributed by atoms with van der Waals surface area (Å²) < 4.78 is 7.23. The van der Waals surface area contributed by atoms with Crippen LogP contribution in [0.1, 0.15) is 59.1 Å². The number of ether oxygens (including phenoxy) is 1. The van der Waals surface area contributed by atoms with Crippen molar-refractivity contribution >= 4 is 23.8 Å². The summed E-state index contributed by atoms with van der Waals surface area (Å²) in [7, 11) is 0. The molecule has 1 aliphatic carbocycles. The first-order valence-corrected chi connectivity index (χ1v) is 11.8. The fraction of sp³-hybridized carbons (Fsp3) is 0.458. The molecule has 1 unspecified atom stereocenters. The molecule has 1 spiro atoms. The Morgan fingerprint density at radius 3 is 2.70 bits per heavy atom. The minimum absolute atomic E-state index is 0.0532. The average molecular weight is 467 g/mol. The average Bonchev–Trinajstić information content (AvgIpc) is 3.19. The van der Waals surface area contributed by atoms with Gasteiger partial charge in [-0.25, -0.2) is 4.79 Å². The molecule has 1 aromatic heterocycles. The molecule has 33 heavy (non-hydrogen) atoms. The highest BCUT2D eigenvalue weighted by molar-refractivity contribution is 6.32. The van der Waals surface area contributed by atoms with Gasteiger partial charge in [-0.05, 0) is 42.9 Å². The molecule has 0 bridgehead atoms. The second-order valence-electron chi connectivity index (χ2n) is 9.86. The molecule has 0 amide bonds. The summed E-state index contributed by atoms with van der Waals surface area (Å²) in [5.74, 6) is -1.09. The number of hydrogen-bond donors (Lipinski definition) is 1. The van der Waals surface area contributed by atoms with E-state index in [1.807, 2.05) is 17.0 Å². The van der Waals surface area contributed by atoms with Crippen molar-refractivity contribution in [2.45, 2.75) is 49.2 Å². The van der Waals surface area contributed by atoms with Crippen molar-refractivity contribution in [1.29, 1.82) is 0 Å². The lowest BCUT2D eigenvalue weighted by atomic mass is 9.89. The van der Waals surface area contributed by atoms with Crippen LogP contribution in [0.2, 0.25) is 5.02 Å². The summed E-state index contributed by atoms with van der Waals surface area (Å²) >= 11 is 6.82. The van der Waals surface area contributed by atoms with Gasteiger partial charge in [0.05, 0.1) is 36.5 Å². The van der Waals surface area contributed by atoms with E-state index in [1.165, 1.54) is 17.8 Å². The molecule has 3 fully saturated rings. The molecule has 2 aromatic rings. The topological polar surface area (TPSA) is 87.4 Å². The molecule has 1 saturated carbocycles. The van der Waals surface area contributed by atoms with Gasteiger partial charge < -0.3 is 9.84 Å². The number of rotatable bonds is 3. The number of benzene rings is 1. The number of aromatic carboxylic acids is 1. The zero-order valence-corrected chi connectivity index (χ0v) is 18.7. The molecule has 170 valence electrons. The third-order valence-electron chi connectivity index (χ3n) is 8.01. The normalized spacial score (nSPS) is 26.2. The van der Waals surface area contributed by atoms with Gasteiger partial charge in [-0.1, -0.05) is 17.7 Å². The highest BCUT2D eigenvalue weighted by Crippen LogP contribution is 2.58. The van der Waals surface area contributed by atoms with E-state index in [1.54, 1.807) is 0 Å². The van der Waals surface area contributed by atoms with Gasteiger partial charge in [-0.2, -0.15) is 5.10 Å². The number of hydrogen-bond acceptors (Lipinski definition) is 6. The lowest BCUT2D eigenvalue weighted by Gasteiger charge is -2.41. The molecule has 5 aliphatic rings. The largest absolute Gasteiger partial charge is 0.477 e. The van der Waals surface area contributed by atoms with E-state index < -0.39 is 11.4 Å². The predicted molar refractivity (Wildman–Crippen MR) is 123 cm³/mol. The van der Waals surface area contributed by atoms with Crippen molar-refractivity contribution in [3.05, 3.63) is 56.3 Å². The Labute approximate surface area is 195 Å². The van der Waals surface area contributed by atoms with Crippen molar-refractivity contribution in [1.82, 2.24) is 9.69 Å². The zero-order chi connectivity index (χ0) is 22.5. The van der Waals surface area contributed by atoms with Crippen LogP contribution in [0.15, 0.2) is 34.3 Å². The van der Waals surface area contributed by atoms with Crippen LogP contribution in [0, 0.1) is 0 Å². The highest BCUT2D eigenvalue weighted by atomic mass is 35.5. The molecular weight excluding hydrogens is 444 g/mol. The molecule has 7 rings (SSSR count). The van der Waals surface area contributed by atoms with E-state index in [9.17, 15) is 14.7 Å². The second-order valence-corrected chi connectivity index (χ2v) is 10.3. The van der Waals surface area contributed by atoms with Crippen molar-refractivity contribution in [3.8, 4) is 11.3 Å². The fourth-order valence-corrected chi connectivity index (χ4v) is 6.30. The number of fused-ring (bicyclic) bond motifs is 7. The van der Waals surface area contributed by atoms with E-state index in [-0.39, 0.29) is 23.1 Å². The van der Waals surface area contributed by atoms with Gasteiger partial charge in [0.15, 0.2) is 5.43 Å². The first-order chi connectivity index (χ1) is 15.9. The number of carboxylic acids is 1. The van der Waals surface area contributed by atoms with Gasteiger partial charge in [-0.3, -0.25) is 19.5 Å². The number of aromatic nitrogens is 1. The van der Waals surface area contributed by atoms with Gasteiger partial charge in [0.1, 0.15) is 5.56 Å². The molecule has 5 heterocycles. The summed E-state index contributed by atoms with van der Waals surface area (Å²) in [5.41, 5.74) is 3.22. The molecule has 2 saturated heterocycles. The summed E-state index contributed by atoms with van der Waals surface area (Å²) in [4.78, 5) is 24.3. The van der Waals surface area contributed by atoms with E-state index in [2.05, 4.69) is 21.2 Å². The van der Waals surface area contributed by atoms with Crippen LogP contribution < -0.4 is 10.4 Å². The minimum Gasteiger partial charge on any atom is -0.477 e. The molecular formula is C24H23ClN4O4. The fourth-order valence-electron chi connectivity index (χ4n) is 5.99. The standard InChI is InChI=1S/C24H23ClN4O4/c25-19-6-17-16(5-15(19)13-8-26-27(9-13)14-11-33-12-14)20-1-2-24(3-4-24)29(20)28-10-18(23(31)32)22(30)7-21(17)28/h5-8,10,13-14,20H,1-4,9,11-12H2,(H,31,32)/t13?,20-/m1/s1. The minimum atomic E-state index is -1.20. The maximum absolute atomic E-state index is 12.6. The number of pyridine rings is 1. The molecule has 2 atom stereocenters. The zero-order valence-electron chi connectivity index (χ0n) is 17.9. The Kier molecular flexibility index (Phi) is 3.93. The molecule has 1 aromatic carbocycles. The van der Waals surface area contributed by atoms with Gasteiger partial charge in [0.2, 0.25) is 0 Å². The third-order valence-corrected chi connectivity index (χ3v) is 8.34. The Morgan fingerprint density at radius 1 is 1.18 bits per heavy atom. The van der Waals surface area contributed by atoms with E-state index in [0.29, 0.717) is 30.0 Å². The number of hydrazone groups is 1. The smallest absolute Gasteiger partial charge is 0.341 e. The van der Waals surface area contributed by atoms with Crippen LogP contribution in [0.4, 0.5) is 0 Å². The Bertz CT molecular complexity index is 1300. The SMILES string of the molecule is O=C(O)c1cn2c(cc1=O)-c1cc(Cl)c(C3C=NN(C4COC4)C3)cc1[C@H]1CCC3(CC3)N12. The number of nitrogens with zero attached hydrogens (tertiary/aromatic N) is 4. The van der Waals surface area contributed by atoms with Gasteiger partial charge in [-0.15, -0.1) is 0 Å². The van der Waals surface area contributed by atoms with Crippen LogP contribution in [0.5, 0.6) is 0 Å². The summed E-state index contributed by atoms with van der Waals surface area (Å²) in [5, 5.41) is 19.2. The predicted octanol–water partition coefficient (Wildman–Crippen LogP) is 2.97.